The molecule has 0 saturated carbocycles. The number of hydrogen-bond donors (Lipinski definition) is 1. The average Bonchev–Trinajstić information content (AvgIpc) is 3.18. The summed E-state index contributed by atoms with van der Waals surface area (Å²) < 4.78 is 7.22. The molecule has 23 heavy (non-hydrogen) atoms. The molecular weight excluding hydrogens is 310 g/mol. The van der Waals surface area contributed by atoms with Gasteiger partial charge in [0.2, 0.25) is 0 Å². The van der Waals surface area contributed by atoms with Gasteiger partial charge in [-0.1, -0.05) is 12.1 Å². The number of thioether (sulfide) groups is 1. The van der Waals surface area contributed by atoms with Crippen LogP contribution in [0.5, 0.6) is 5.75 Å². The summed E-state index contributed by atoms with van der Waals surface area (Å²) in [6.07, 6.45) is 2.02. The van der Waals surface area contributed by atoms with Crippen molar-refractivity contribution in [2.45, 2.75) is 24.3 Å². The molecule has 2 aliphatic heterocycles. The van der Waals surface area contributed by atoms with E-state index >= 15 is 0 Å². The average molecular weight is 329 g/mol. The van der Waals surface area contributed by atoms with Crippen molar-refractivity contribution in [1.82, 2.24) is 4.57 Å². The summed E-state index contributed by atoms with van der Waals surface area (Å²) in [5.74, 6) is 1.48. The summed E-state index contributed by atoms with van der Waals surface area (Å²) in [5.41, 5.74) is 1.09. The smallest absolute Gasteiger partial charge is 0.189 e. The Kier molecular flexibility index (Phi) is 3.50. The highest BCUT2D eigenvalue weighted by Crippen LogP contribution is 2.58. The Labute approximate surface area is 139 Å². The first-order valence-electron chi connectivity index (χ1n) is 7.80. The monoisotopic (exact) mass is 329 g/mol. The van der Waals surface area contributed by atoms with Crippen molar-refractivity contribution in [3.63, 3.8) is 0 Å². The second-order valence-corrected chi connectivity index (χ2v) is 7.35. The van der Waals surface area contributed by atoms with Crippen LogP contribution in [0.25, 0.3) is 0 Å². The highest BCUT2D eigenvalue weighted by molar-refractivity contribution is 7.99. The van der Waals surface area contributed by atoms with Crippen molar-refractivity contribution in [2.75, 3.05) is 12.9 Å². The molecule has 1 saturated heterocycles. The van der Waals surface area contributed by atoms with Gasteiger partial charge in [0.15, 0.2) is 5.78 Å². The number of aryl methyl sites for hydroxylation is 1. The number of nitrogens with zero attached hydrogens (tertiary/aromatic N) is 1. The van der Waals surface area contributed by atoms with E-state index in [9.17, 15) is 9.90 Å². The number of carbonyl (C=O) groups excluding carboxylic acids is 1. The van der Waals surface area contributed by atoms with E-state index in [1.165, 1.54) is 0 Å². The third-order valence-electron chi connectivity index (χ3n) is 5.15. The molecule has 1 N–H and O–H groups in total. The number of fused-ring (bicyclic) bond motifs is 1. The Bertz CT molecular complexity index is 739. The van der Waals surface area contributed by atoms with Gasteiger partial charge in [-0.05, 0) is 36.2 Å². The van der Waals surface area contributed by atoms with Crippen molar-refractivity contribution in [3.05, 3.63) is 53.9 Å². The van der Waals surface area contributed by atoms with Crippen LogP contribution in [-0.2, 0) is 6.54 Å². The number of ketones is 1. The second-order valence-electron chi connectivity index (χ2n) is 6.21. The first kappa shape index (κ1) is 14.8. The third-order valence-corrected chi connectivity index (χ3v) is 6.69. The fraction of sp³-hybridized carbons (Fsp3) is 0.389. The van der Waals surface area contributed by atoms with Gasteiger partial charge in [-0.3, -0.25) is 4.79 Å². The van der Waals surface area contributed by atoms with Gasteiger partial charge < -0.3 is 14.4 Å². The van der Waals surface area contributed by atoms with Crippen LogP contribution in [0.4, 0.5) is 0 Å². The van der Waals surface area contributed by atoms with Gasteiger partial charge in [-0.15, -0.1) is 11.8 Å². The molecule has 2 aromatic rings. The number of methoxy groups -OCH3 is 1. The summed E-state index contributed by atoms with van der Waals surface area (Å²) >= 11 is 1.68. The Morgan fingerprint density at radius 1 is 1.30 bits per heavy atom. The standard InChI is InChI=1S/C18H19NO3S/c1-22-13-6-4-12(5-7-13)17-18(15(20)11-23-17)8-10-19-9-2-3-14(19)16(18)21/h2-7,9,15,17,20H,8,10-11H2,1H3/t15-,17-,18-/m1/s1. The lowest BCUT2D eigenvalue weighted by Crippen LogP contribution is -2.47. The van der Waals surface area contributed by atoms with E-state index in [2.05, 4.69) is 0 Å². The zero-order valence-corrected chi connectivity index (χ0v) is 13.8. The minimum atomic E-state index is -0.715. The van der Waals surface area contributed by atoms with E-state index in [1.807, 2.05) is 47.2 Å². The number of aromatic nitrogens is 1. The summed E-state index contributed by atoms with van der Waals surface area (Å²) in [7, 11) is 1.64. The van der Waals surface area contributed by atoms with E-state index in [1.54, 1.807) is 18.9 Å². The van der Waals surface area contributed by atoms with E-state index in [0.29, 0.717) is 12.2 Å². The molecule has 3 heterocycles. The Balaban J connectivity index is 1.77. The molecular formula is C18H19NO3S. The fourth-order valence-corrected chi connectivity index (χ4v) is 5.57. The molecule has 1 aromatic carbocycles. The molecule has 1 aromatic heterocycles. The van der Waals surface area contributed by atoms with Gasteiger partial charge in [-0.2, -0.15) is 0 Å². The molecule has 0 bridgehead atoms. The molecule has 2 aliphatic rings. The predicted molar refractivity (Wildman–Crippen MR) is 90.0 cm³/mol. The molecule has 0 amide bonds. The highest BCUT2D eigenvalue weighted by Gasteiger charge is 2.57. The van der Waals surface area contributed by atoms with Crippen molar-refractivity contribution in [2.24, 2.45) is 5.41 Å². The minimum absolute atomic E-state index is 0.0143. The largest absolute Gasteiger partial charge is 0.497 e. The van der Waals surface area contributed by atoms with Crippen molar-refractivity contribution < 1.29 is 14.6 Å². The van der Waals surface area contributed by atoms with Crippen LogP contribution in [0.15, 0.2) is 42.6 Å². The lowest BCUT2D eigenvalue weighted by molar-refractivity contribution is 0.0273. The lowest BCUT2D eigenvalue weighted by Gasteiger charge is -2.39. The zero-order chi connectivity index (χ0) is 16.0. The van der Waals surface area contributed by atoms with Crippen LogP contribution in [-0.4, -0.2) is 34.4 Å². The molecule has 120 valence electrons. The van der Waals surface area contributed by atoms with Gasteiger partial charge in [0.25, 0.3) is 0 Å². The molecule has 5 heteroatoms. The van der Waals surface area contributed by atoms with Gasteiger partial charge in [0.1, 0.15) is 5.75 Å². The Morgan fingerprint density at radius 2 is 2.09 bits per heavy atom. The number of ether oxygens (including phenoxy) is 1. The van der Waals surface area contributed by atoms with Crippen LogP contribution >= 0.6 is 11.8 Å². The Morgan fingerprint density at radius 3 is 2.83 bits per heavy atom. The molecule has 4 rings (SSSR count). The third kappa shape index (κ3) is 2.07. The van der Waals surface area contributed by atoms with E-state index in [4.69, 9.17) is 4.74 Å². The lowest BCUT2D eigenvalue weighted by atomic mass is 9.69. The highest BCUT2D eigenvalue weighted by atomic mass is 32.2. The number of Topliss-reactive ketones (excluding diaryl/α,β-unsaturated/α-hetero) is 1. The number of hydrogen-bond acceptors (Lipinski definition) is 4. The normalized spacial score (nSPS) is 29.7. The summed E-state index contributed by atoms with van der Waals surface area (Å²) in [5, 5.41) is 10.7. The van der Waals surface area contributed by atoms with E-state index in [-0.39, 0.29) is 11.0 Å². The molecule has 0 aliphatic carbocycles. The summed E-state index contributed by atoms with van der Waals surface area (Å²) in [4.78, 5) is 13.2. The maximum atomic E-state index is 13.2. The van der Waals surface area contributed by atoms with Crippen LogP contribution in [0.1, 0.15) is 27.7 Å². The number of aliphatic hydroxyl groups is 1. The van der Waals surface area contributed by atoms with Crippen LogP contribution in [0.2, 0.25) is 0 Å². The van der Waals surface area contributed by atoms with Crippen molar-refractivity contribution in [3.8, 4) is 5.75 Å². The number of carbonyl (C=O) groups is 1. The quantitative estimate of drug-likeness (QED) is 0.920. The zero-order valence-electron chi connectivity index (χ0n) is 12.9. The molecule has 1 fully saturated rings. The molecule has 3 atom stereocenters. The minimum Gasteiger partial charge on any atom is -0.497 e. The molecule has 0 unspecified atom stereocenters. The van der Waals surface area contributed by atoms with Crippen LogP contribution in [0, 0.1) is 5.41 Å². The Hall–Kier alpha value is -1.72. The number of benzene rings is 1. The first-order valence-corrected chi connectivity index (χ1v) is 8.85. The van der Waals surface area contributed by atoms with Crippen molar-refractivity contribution >= 4 is 17.5 Å². The number of rotatable bonds is 2. The topological polar surface area (TPSA) is 51.5 Å². The van der Waals surface area contributed by atoms with E-state index in [0.717, 1.165) is 23.6 Å². The van der Waals surface area contributed by atoms with Gasteiger partial charge in [0, 0.05) is 23.7 Å². The fourth-order valence-electron chi connectivity index (χ4n) is 3.87. The maximum Gasteiger partial charge on any atom is 0.189 e. The van der Waals surface area contributed by atoms with E-state index < -0.39 is 11.5 Å². The SMILES string of the molecule is COc1ccc([C@H]2SC[C@@H](O)[C@@]23CCn2cccc2C3=O)cc1. The predicted octanol–water partition coefficient (Wildman–Crippen LogP) is 2.92. The second kappa shape index (κ2) is 5.42. The number of aliphatic hydroxyl groups excluding tert-OH is 1. The van der Waals surface area contributed by atoms with Crippen molar-refractivity contribution in [1.29, 1.82) is 0 Å². The van der Waals surface area contributed by atoms with Gasteiger partial charge in [0.05, 0.1) is 24.3 Å². The van der Waals surface area contributed by atoms with Gasteiger partial charge in [-0.25, -0.2) is 0 Å². The summed E-state index contributed by atoms with van der Waals surface area (Å²) in [6.45, 7) is 0.776. The maximum absolute atomic E-state index is 13.2. The van der Waals surface area contributed by atoms with Crippen LogP contribution in [0.3, 0.4) is 0 Å². The van der Waals surface area contributed by atoms with Gasteiger partial charge >= 0.3 is 0 Å². The molecule has 1 spiro atoms. The van der Waals surface area contributed by atoms with Crippen LogP contribution < -0.4 is 4.74 Å². The molecule has 0 radical (unpaired) electrons. The summed E-state index contributed by atoms with van der Waals surface area (Å²) in [6, 6.07) is 11.6. The first-order chi connectivity index (χ1) is 11.2. The molecule has 4 nitrogen and oxygen atoms in total.